The molecule has 4 aromatic carbocycles. The van der Waals surface area contributed by atoms with Gasteiger partial charge in [0, 0.05) is 5.56 Å². The fraction of sp³-hybridized carbons (Fsp3) is 0.0690. The van der Waals surface area contributed by atoms with Crippen molar-refractivity contribution in [3.05, 3.63) is 129 Å². The van der Waals surface area contributed by atoms with Crippen LogP contribution in [0.2, 0.25) is 5.02 Å². The van der Waals surface area contributed by atoms with E-state index in [1.807, 2.05) is 0 Å². The highest BCUT2D eigenvalue weighted by Gasteiger charge is 2.31. The molecule has 0 aliphatic heterocycles. The molecule has 196 valence electrons. The lowest BCUT2D eigenvalue weighted by molar-refractivity contribution is -0.137. The summed E-state index contributed by atoms with van der Waals surface area (Å²) in [5.74, 6) is -0.0776. The third-order valence-corrected chi connectivity index (χ3v) is 6.06. The molecule has 0 amide bonds. The van der Waals surface area contributed by atoms with Crippen molar-refractivity contribution in [2.24, 2.45) is 5.10 Å². The quantitative estimate of drug-likeness (QED) is 0.164. The summed E-state index contributed by atoms with van der Waals surface area (Å²) in [6, 6.07) is 21.8. The fourth-order valence-electron chi connectivity index (χ4n) is 3.88. The lowest BCUT2D eigenvalue weighted by Gasteiger charge is -2.12. The number of hydrogen-bond acceptors (Lipinski definition) is 4. The zero-order valence-corrected chi connectivity index (χ0v) is 20.7. The zero-order valence-electron chi connectivity index (χ0n) is 20.0. The molecule has 1 heterocycles. The van der Waals surface area contributed by atoms with Crippen LogP contribution in [0.25, 0.3) is 22.3 Å². The van der Waals surface area contributed by atoms with Crippen molar-refractivity contribution in [1.82, 2.24) is 9.66 Å². The van der Waals surface area contributed by atoms with Gasteiger partial charge in [0.2, 0.25) is 0 Å². The molecule has 0 saturated carbocycles. The van der Waals surface area contributed by atoms with E-state index in [2.05, 4.69) is 10.1 Å². The van der Waals surface area contributed by atoms with E-state index in [1.165, 1.54) is 30.5 Å². The van der Waals surface area contributed by atoms with Gasteiger partial charge in [0.1, 0.15) is 18.2 Å². The largest absolute Gasteiger partial charge is 0.487 e. The molecule has 0 saturated heterocycles. The average molecular weight is 552 g/mol. The Morgan fingerprint density at radius 3 is 2.51 bits per heavy atom. The Balaban J connectivity index is 1.50. The Morgan fingerprint density at radius 1 is 0.949 bits per heavy atom. The molecule has 10 heteroatoms. The summed E-state index contributed by atoms with van der Waals surface area (Å²) < 4.78 is 60.1. The lowest BCUT2D eigenvalue weighted by Crippen LogP contribution is -2.20. The second kappa shape index (κ2) is 10.7. The van der Waals surface area contributed by atoms with Gasteiger partial charge in [-0.25, -0.2) is 9.37 Å². The van der Waals surface area contributed by atoms with E-state index < -0.39 is 17.3 Å². The van der Waals surface area contributed by atoms with Crippen LogP contribution in [0.4, 0.5) is 17.6 Å². The first-order valence-corrected chi connectivity index (χ1v) is 12.0. The Hall–Kier alpha value is -4.50. The molecule has 0 bridgehead atoms. The van der Waals surface area contributed by atoms with Gasteiger partial charge in [-0.3, -0.25) is 4.79 Å². The molecular formula is C29H18ClF4N3O2. The van der Waals surface area contributed by atoms with Crippen LogP contribution in [0.15, 0.2) is 101 Å². The molecule has 1 aromatic heterocycles. The van der Waals surface area contributed by atoms with Crippen LogP contribution in [-0.2, 0) is 12.8 Å². The number of para-hydroxylation sites is 1. The minimum absolute atomic E-state index is 0.0535. The van der Waals surface area contributed by atoms with Crippen LogP contribution in [0.1, 0.15) is 16.7 Å². The number of ether oxygens (including phenoxy) is 1. The van der Waals surface area contributed by atoms with E-state index >= 15 is 0 Å². The number of hydrogen-bond donors (Lipinski definition) is 0. The number of alkyl halides is 3. The van der Waals surface area contributed by atoms with Crippen molar-refractivity contribution in [3.63, 3.8) is 0 Å². The predicted octanol–water partition coefficient (Wildman–Crippen LogP) is 7.34. The highest BCUT2D eigenvalue weighted by Crippen LogP contribution is 2.32. The first-order chi connectivity index (χ1) is 18.7. The fourth-order valence-corrected chi connectivity index (χ4v) is 4.12. The van der Waals surface area contributed by atoms with E-state index in [1.54, 1.807) is 54.6 Å². The van der Waals surface area contributed by atoms with Gasteiger partial charge in [-0.05, 0) is 65.7 Å². The van der Waals surface area contributed by atoms with Crippen LogP contribution in [0.5, 0.6) is 5.75 Å². The molecule has 0 aliphatic carbocycles. The first kappa shape index (κ1) is 26.1. The van der Waals surface area contributed by atoms with Gasteiger partial charge < -0.3 is 4.74 Å². The molecule has 0 N–H and O–H groups in total. The lowest BCUT2D eigenvalue weighted by atomic mass is 10.1. The number of fused-ring (bicyclic) bond motifs is 1. The second-order valence-electron chi connectivity index (χ2n) is 8.50. The van der Waals surface area contributed by atoms with Gasteiger partial charge in [0.25, 0.3) is 5.56 Å². The minimum atomic E-state index is -4.57. The molecule has 0 unspecified atom stereocenters. The summed E-state index contributed by atoms with van der Waals surface area (Å²) in [6.45, 7) is 0.101. The van der Waals surface area contributed by atoms with Gasteiger partial charge >= 0.3 is 6.18 Å². The summed E-state index contributed by atoms with van der Waals surface area (Å²) >= 11 is 6.36. The van der Waals surface area contributed by atoms with E-state index in [-0.39, 0.29) is 34.2 Å². The molecule has 39 heavy (non-hydrogen) atoms. The van der Waals surface area contributed by atoms with Crippen molar-refractivity contribution in [3.8, 4) is 17.1 Å². The maximum absolute atomic E-state index is 13.4. The van der Waals surface area contributed by atoms with Crippen molar-refractivity contribution in [2.45, 2.75) is 12.8 Å². The normalized spacial score (nSPS) is 11.8. The summed E-state index contributed by atoms with van der Waals surface area (Å²) in [7, 11) is 0. The maximum atomic E-state index is 13.4. The van der Waals surface area contributed by atoms with Crippen LogP contribution in [-0.4, -0.2) is 15.9 Å². The summed E-state index contributed by atoms with van der Waals surface area (Å²) in [5, 5.41) is 4.76. The van der Waals surface area contributed by atoms with Crippen molar-refractivity contribution in [2.75, 3.05) is 0 Å². The molecule has 5 aromatic rings. The Labute approximate surface area is 224 Å². The van der Waals surface area contributed by atoms with Crippen molar-refractivity contribution >= 4 is 28.7 Å². The Kier molecular flexibility index (Phi) is 7.17. The minimum Gasteiger partial charge on any atom is -0.487 e. The number of rotatable bonds is 6. The van der Waals surface area contributed by atoms with Crippen LogP contribution < -0.4 is 10.3 Å². The highest BCUT2D eigenvalue weighted by atomic mass is 35.5. The van der Waals surface area contributed by atoms with Crippen LogP contribution in [0, 0.1) is 5.82 Å². The van der Waals surface area contributed by atoms with E-state index in [9.17, 15) is 22.4 Å². The number of halogens is 5. The highest BCUT2D eigenvalue weighted by molar-refractivity contribution is 6.32. The molecular weight excluding hydrogens is 534 g/mol. The predicted molar refractivity (Wildman–Crippen MR) is 142 cm³/mol. The summed E-state index contributed by atoms with van der Waals surface area (Å²) in [5.41, 5.74) is 0.0901. The third-order valence-electron chi connectivity index (χ3n) is 5.76. The maximum Gasteiger partial charge on any atom is 0.416 e. The zero-order chi connectivity index (χ0) is 27.6. The standard InChI is InChI=1S/C29H18ClF4N3O2/c30-24-14-18(11-12-26(24)39-17-19-5-3-8-22(31)13-19)16-35-37-27(20-6-4-7-21(15-20)29(32,33)34)36-25-10-2-1-9-23(25)28(37)38/h1-16H,17H2. The Morgan fingerprint density at radius 2 is 1.74 bits per heavy atom. The number of nitrogens with zero attached hydrogens (tertiary/aromatic N) is 3. The van der Waals surface area contributed by atoms with E-state index in [0.717, 1.165) is 16.8 Å². The van der Waals surface area contributed by atoms with Gasteiger partial charge in [0.05, 0.1) is 27.7 Å². The molecule has 0 radical (unpaired) electrons. The van der Waals surface area contributed by atoms with Crippen molar-refractivity contribution < 1.29 is 22.3 Å². The number of benzene rings is 4. The SMILES string of the molecule is O=c1c2ccccc2nc(-c2cccc(C(F)(F)F)c2)n1N=Cc1ccc(OCc2cccc(F)c2)c(Cl)c1. The monoisotopic (exact) mass is 551 g/mol. The molecule has 5 nitrogen and oxygen atoms in total. The second-order valence-corrected chi connectivity index (χ2v) is 8.91. The molecule has 0 atom stereocenters. The smallest absolute Gasteiger partial charge is 0.416 e. The van der Waals surface area contributed by atoms with Gasteiger partial charge in [-0.2, -0.15) is 22.9 Å². The topological polar surface area (TPSA) is 56.5 Å². The van der Waals surface area contributed by atoms with Crippen LogP contribution in [0.3, 0.4) is 0 Å². The van der Waals surface area contributed by atoms with Crippen LogP contribution >= 0.6 is 11.6 Å². The summed E-state index contributed by atoms with van der Waals surface area (Å²) in [6.07, 6.45) is -3.23. The van der Waals surface area contributed by atoms with Gasteiger partial charge in [-0.15, -0.1) is 0 Å². The van der Waals surface area contributed by atoms with Gasteiger partial charge in [-0.1, -0.05) is 48.0 Å². The molecule has 0 aliphatic rings. The summed E-state index contributed by atoms with van der Waals surface area (Å²) in [4.78, 5) is 17.7. The Bertz CT molecular complexity index is 1770. The third kappa shape index (κ3) is 5.83. The first-order valence-electron chi connectivity index (χ1n) is 11.6. The molecule has 0 fully saturated rings. The van der Waals surface area contributed by atoms with Crippen molar-refractivity contribution in [1.29, 1.82) is 0 Å². The molecule has 0 spiro atoms. The average Bonchev–Trinajstić information content (AvgIpc) is 2.91. The molecule has 5 rings (SSSR count). The number of aromatic nitrogens is 2. The van der Waals surface area contributed by atoms with E-state index in [4.69, 9.17) is 16.3 Å². The van der Waals surface area contributed by atoms with Gasteiger partial charge in [0.15, 0.2) is 5.82 Å². The van der Waals surface area contributed by atoms with E-state index in [0.29, 0.717) is 22.4 Å².